The van der Waals surface area contributed by atoms with Crippen molar-refractivity contribution in [1.82, 2.24) is 15.1 Å². The third-order valence-electron chi connectivity index (χ3n) is 3.11. The molecule has 1 N–H and O–H groups in total. The lowest BCUT2D eigenvalue weighted by atomic mass is 10.2. The molecule has 0 aromatic carbocycles. The Balaban J connectivity index is 2.27. The van der Waals surface area contributed by atoms with Gasteiger partial charge in [0, 0.05) is 34.6 Å². The normalized spacial score (nSPS) is 12.9. The molecule has 0 saturated carbocycles. The highest BCUT2D eigenvalue weighted by molar-refractivity contribution is 7.15. The van der Waals surface area contributed by atoms with E-state index in [4.69, 9.17) is 0 Å². The molecule has 2 aromatic rings. The highest BCUT2D eigenvalue weighted by Gasteiger charge is 2.13. The van der Waals surface area contributed by atoms with Gasteiger partial charge in [-0.25, -0.2) is 0 Å². The summed E-state index contributed by atoms with van der Waals surface area (Å²) in [4.78, 5) is 2.73. The molecule has 2 heterocycles. The number of hydrogen-bond donors (Lipinski definition) is 1. The monoisotopic (exact) mass is 263 g/mol. The van der Waals surface area contributed by atoms with Crippen molar-refractivity contribution in [2.24, 2.45) is 7.05 Å². The maximum Gasteiger partial charge on any atom is 0.0680 e. The summed E-state index contributed by atoms with van der Waals surface area (Å²) in [5.41, 5.74) is 2.35. The molecule has 0 aliphatic rings. The van der Waals surface area contributed by atoms with E-state index in [9.17, 15) is 0 Å². The van der Waals surface area contributed by atoms with Crippen molar-refractivity contribution in [1.29, 1.82) is 0 Å². The molecule has 0 aliphatic heterocycles. The molecule has 2 rings (SSSR count). The van der Waals surface area contributed by atoms with E-state index in [1.54, 1.807) is 0 Å². The van der Waals surface area contributed by atoms with Gasteiger partial charge in [-0.15, -0.1) is 11.3 Å². The van der Waals surface area contributed by atoms with Gasteiger partial charge < -0.3 is 5.32 Å². The molecule has 0 saturated heterocycles. The van der Waals surface area contributed by atoms with Gasteiger partial charge in [0.1, 0.15) is 0 Å². The average Bonchev–Trinajstić information content (AvgIpc) is 2.92. The predicted octanol–water partition coefficient (Wildman–Crippen LogP) is 3.52. The second-order valence-electron chi connectivity index (χ2n) is 4.52. The molecule has 2 aromatic heterocycles. The molecule has 0 spiro atoms. The average molecular weight is 263 g/mol. The van der Waals surface area contributed by atoms with Gasteiger partial charge in [0.25, 0.3) is 0 Å². The van der Waals surface area contributed by atoms with Gasteiger partial charge in [-0.05, 0) is 32.0 Å². The van der Waals surface area contributed by atoms with Crippen molar-refractivity contribution in [2.45, 2.75) is 33.2 Å². The first-order valence-electron chi connectivity index (χ1n) is 6.49. The van der Waals surface area contributed by atoms with E-state index in [1.165, 1.54) is 15.3 Å². The van der Waals surface area contributed by atoms with Crippen LogP contribution in [0.3, 0.4) is 0 Å². The van der Waals surface area contributed by atoms with E-state index in [-0.39, 0.29) is 0 Å². The summed E-state index contributed by atoms with van der Waals surface area (Å²) in [5.74, 6) is 0. The maximum atomic E-state index is 4.41. The number of aromatic nitrogens is 2. The van der Waals surface area contributed by atoms with E-state index in [2.05, 4.69) is 49.5 Å². The summed E-state index contributed by atoms with van der Waals surface area (Å²) in [6.07, 6.45) is 3.22. The van der Waals surface area contributed by atoms with Crippen LogP contribution in [0.4, 0.5) is 0 Å². The highest BCUT2D eigenvalue weighted by Crippen LogP contribution is 2.33. The number of aryl methyl sites for hydroxylation is 2. The Morgan fingerprint density at radius 1 is 1.39 bits per heavy atom. The maximum absolute atomic E-state index is 4.41. The summed E-state index contributed by atoms with van der Waals surface area (Å²) in [6, 6.07) is 4.93. The van der Waals surface area contributed by atoms with Crippen LogP contribution in [0.2, 0.25) is 0 Å². The zero-order valence-electron chi connectivity index (χ0n) is 11.5. The smallest absolute Gasteiger partial charge is 0.0680 e. The fourth-order valence-electron chi connectivity index (χ4n) is 2.22. The van der Waals surface area contributed by atoms with Crippen LogP contribution < -0.4 is 5.32 Å². The first-order chi connectivity index (χ1) is 8.65. The first kappa shape index (κ1) is 13.3. The number of nitrogens with zero attached hydrogens (tertiary/aromatic N) is 2. The molecule has 1 unspecified atom stereocenters. The Morgan fingerprint density at radius 2 is 2.17 bits per heavy atom. The lowest BCUT2D eigenvalue weighted by Crippen LogP contribution is -2.18. The first-order valence-corrected chi connectivity index (χ1v) is 7.31. The molecule has 1 atom stereocenters. The fourth-order valence-corrected chi connectivity index (χ4v) is 3.45. The van der Waals surface area contributed by atoms with Crippen molar-refractivity contribution in [3.63, 3.8) is 0 Å². The summed E-state index contributed by atoms with van der Waals surface area (Å²) in [5, 5.41) is 7.93. The molecule has 98 valence electrons. The molecule has 3 nitrogen and oxygen atoms in total. The van der Waals surface area contributed by atoms with Crippen molar-refractivity contribution in [3.8, 4) is 10.4 Å². The SMILES string of the molecule is CCNC(CC)c1ccc(-c2cn(C)nc2C)s1. The number of hydrogen-bond acceptors (Lipinski definition) is 3. The Morgan fingerprint density at radius 3 is 2.72 bits per heavy atom. The van der Waals surface area contributed by atoms with Crippen LogP contribution in [0.5, 0.6) is 0 Å². The third-order valence-corrected chi connectivity index (χ3v) is 4.34. The zero-order valence-corrected chi connectivity index (χ0v) is 12.3. The number of nitrogens with one attached hydrogen (secondary N) is 1. The van der Waals surface area contributed by atoms with Crippen molar-refractivity contribution in [2.75, 3.05) is 6.54 Å². The van der Waals surface area contributed by atoms with E-state index in [0.717, 1.165) is 18.7 Å². The molecular formula is C14H21N3S. The van der Waals surface area contributed by atoms with E-state index in [1.807, 2.05) is 23.1 Å². The molecule has 0 bridgehead atoms. The van der Waals surface area contributed by atoms with Crippen molar-refractivity contribution >= 4 is 11.3 Å². The Labute approximate surface area is 113 Å². The summed E-state index contributed by atoms with van der Waals surface area (Å²) < 4.78 is 1.88. The molecule has 0 amide bonds. The number of thiophene rings is 1. The topological polar surface area (TPSA) is 29.9 Å². The summed E-state index contributed by atoms with van der Waals surface area (Å²) in [7, 11) is 1.97. The third kappa shape index (κ3) is 2.65. The van der Waals surface area contributed by atoms with Crippen molar-refractivity contribution < 1.29 is 0 Å². The van der Waals surface area contributed by atoms with E-state index >= 15 is 0 Å². The van der Waals surface area contributed by atoms with Crippen LogP contribution in [0.1, 0.15) is 36.9 Å². The fraction of sp³-hybridized carbons (Fsp3) is 0.500. The minimum atomic E-state index is 0.478. The van der Waals surface area contributed by atoms with Crippen LogP contribution in [0.25, 0.3) is 10.4 Å². The van der Waals surface area contributed by atoms with Gasteiger partial charge in [0.2, 0.25) is 0 Å². The quantitative estimate of drug-likeness (QED) is 0.894. The van der Waals surface area contributed by atoms with Gasteiger partial charge in [-0.3, -0.25) is 4.68 Å². The van der Waals surface area contributed by atoms with Crippen LogP contribution in [0, 0.1) is 6.92 Å². The van der Waals surface area contributed by atoms with Crippen LogP contribution in [0.15, 0.2) is 18.3 Å². The van der Waals surface area contributed by atoms with Crippen LogP contribution in [-0.4, -0.2) is 16.3 Å². The minimum absolute atomic E-state index is 0.478. The lowest BCUT2D eigenvalue weighted by molar-refractivity contribution is 0.545. The van der Waals surface area contributed by atoms with Gasteiger partial charge in [0.15, 0.2) is 0 Å². The summed E-state index contributed by atoms with van der Waals surface area (Å²) in [6.45, 7) is 7.46. The van der Waals surface area contributed by atoms with Crippen molar-refractivity contribution in [3.05, 3.63) is 28.9 Å². The van der Waals surface area contributed by atoms with Gasteiger partial charge in [0.05, 0.1) is 5.69 Å². The molecule has 0 aliphatic carbocycles. The Kier molecular flexibility index (Phi) is 4.19. The second kappa shape index (κ2) is 5.67. The molecule has 4 heteroatoms. The van der Waals surface area contributed by atoms with Gasteiger partial charge >= 0.3 is 0 Å². The molecule has 18 heavy (non-hydrogen) atoms. The van der Waals surface area contributed by atoms with Gasteiger partial charge in [-0.1, -0.05) is 13.8 Å². The zero-order chi connectivity index (χ0) is 13.1. The molecule has 0 radical (unpaired) electrons. The summed E-state index contributed by atoms with van der Waals surface area (Å²) >= 11 is 1.87. The number of rotatable bonds is 5. The predicted molar refractivity (Wildman–Crippen MR) is 78.0 cm³/mol. The minimum Gasteiger partial charge on any atom is -0.310 e. The lowest BCUT2D eigenvalue weighted by Gasteiger charge is -2.13. The highest BCUT2D eigenvalue weighted by atomic mass is 32.1. The Hall–Kier alpha value is -1.13. The van der Waals surface area contributed by atoms with E-state index in [0.29, 0.717) is 6.04 Å². The second-order valence-corrected chi connectivity index (χ2v) is 5.64. The largest absolute Gasteiger partial charge is 0.310 e. The molecular weight excluding hydrogens is 242 g/mol. The van der Waals surface area contributed by atoms with Gasteiger partial charge in [-0.2, -0.15) is 5.10 Å². The standard InChI is InChI=1S/C14H21N3S/c1-5-12(15-6-2)14-8-7-13(18-14)11-9-17(4)16-10(11)3/h7-9,12,15H,5-6H2,1-4H3. The van der Waals surface area contributed by atoms with Crippen LogP contribution in [-0.2, 0) is 7.05 Å². The molecule has 0 fully saturated rings. The van der Waals surface area contributed by atoms with Crippen LogP contribution >= 0.6 is 11.3 Å². The Bertz CT molecular complexity index is 513. The van der Waals surface area contributed by atoms with E-state index < -0.39 is 0 Å².